The summed E-state index contributed by atoms with van der Waals surface area (Å²) in [7, 11) is 0. The number of aryl methyl sites for hydroxylation is 1. The SMILES string of the molecule is Cc1ccc2c(c1)C1=C(/C=C/C3C\C=C/C=C\C=C\C3/C=C\1)C2(C)C. The van der Waals surface area contributed by atoms with Gasteiger partial charge < -0.3 is 0 Å². The van der Waals surface area contributed by atoms with Crippen molar-refractivity contribution in [2.45, 2.75) is 32.6 Å². The third-order valence-electron chi connectivity index (χ3n) is 5.80. The Bertz CT molecular complexity index is 865. The second-order valence-electron chi connectivity index (χ2n) is 7.89. The molecule has 0 nitrogen and oxygen atoms in total. The van der Waals surface area contributed by atoms with Crippen LogP contribution in [-0.2, 0) is 5.41 Å². The normalized spacial score (nSPS) is 32.6. The van der Waals surface area contributed by atoms with Crippen LogP contribution in [0, 0.1) is 18.8 Å². The minimum atomic E-state index is 0.0672. The molecule has 1 aromatic rings. The summed E-state index contributed by atoms with van der Waals surface area (Å²) in [6, 6.07) is 6.91. The smallest absolute Gasteiger partial charge is 0.0158 e. The Balaban J connectivity index is 1.84. The summed E-state index contributed by atoms with van der Waals surface area (Å²) in [5.74, 6) is 0.952. The first-order valence-corrected chi connectivity index (χ1v) is 9.30. The lowest BCUT2D eigenvalue weighted by Gasteiger charge is -2.25. The van der Waals surface area contributed by atoms with Gasteiger partial charge >= 0.3 is 0 Å². The Morgan fingerprint density at radius 1 is 0.920 bits per heavy atom. The van der Waals surface area contributed by atoms with Crippen molar-refractivity contribution in [1.82, 2.24) is 0 Å². The van der Waals surface area contributed by atoms with Crippen LogP contribution < -0.4 is 0 Å². The Morgan fingerprint density at radius 3 is 2.64 bits per heavy atom. The van der Waals surface area contributed by atoms with Crippen molar-refractivity contribution in [2.24, 2.45) is 11.8 Å². The van der Waals surface area contributed by atoms with E-state index in [0.29, 0.717) is 11.8 Å². The molecule has 0 amide bonds. The van der Waals surface area contributed by atoms with Crippen LogP contribution in [0.3, 0.4) is 0 Å². The quantitative estimate of drug-likeness (QED) is 0.512. The van der Waals surface area contributed by atoms with Crippen LogP contribution in [-0.4, -0.2) is 0 Å². The molecule has 2 unspecified atom stereocenters. The summed E-state index contributed by atoms with van der Waals surface area (Å²) in [5.41, 5.74) is 7.11. The van der Waals surface area contributed by atoms with Gasteiger partial charge in [-0.25, -0.2) is 0 Å². The largest absolute Gasteiger partial charge is 0.0839 e. The maximum atomic E-state index is 2.43. The summed E-state index contributed by atoms with van der Waals surface area (Å²) in [5, 5.41) is 0. The van der Waals surface area contributed by atoms with E-state index < -0.39 is 0 Å². The fourth-order valence-electron chi connectivity index (χ4n) is 4.31. The molecule has 4 rings (SSSR count). The molecule has 0 bridgehead atoms. The first-order valence-electron chi connectivity index (χ1n) is 9.30. The second kappa shape index (κ2) is 6.19. The van der Waals surface area contributed by atoms with E-state index in [1.54, 1.807) is 0 Å². The maximum absolute atomic E-state index is 2.43. The summed E-state index contributed by atoms with van der Waals surface area (Å²) < 4.78 is 0. The molecule has 0 aliphatic heterocycles. The van der Waals surface area contributed by atoms with Crippen LogP contribution in [0.15, 0.2) is 84.5 Å². The molecule has 0 saturated heterocycles. The van der Waals surface area contributed by atoms with Crippen LogP contribution in [0.4, 0.5) is 0 Å². The number of rotatable bonds is 0. The van der Waals surface area contributed by atoms with Gasteiger partial charge in [0.1, 0.15) is 0 Å². The Morgan fingerprint density at radius 2 is 1.76 bits per heavy atom. The van der Waals surface area contributed by atoms with E-state index in [9.17, 15) is 0 Å². The highest BCUT2D eigenvalue weighted by atomic mass is 14.4. The van der Waals surface area contributed by atoms with Gasteiger partial charge in [0.2, 0.25) is 0 Å². The van der Waals surface area contributed by atoms with Crippen molar-refractivity contribution < 1.29 is 0 Å². The van der Waals surface area contributed by atoms with Crippen LogP contribution >= 0.6 is 0 Å². The lowest BCUT2D eigenvalue weighted by Crippen LogP contribution is -2.17. The van der Waals surface area contributed by atoms with Crippen LogP contribution in [0.25, 0.3) is 5.57 Å². The topological polar surface area (TPSA) is 0 Å². The van der Waals surface area contributed by atoms with Gasteiger partial charge in [-0.05, 0) is 41.5 Å². The predicted molar refractivity (Wildman–Crippen MR) is 108 cm³/mol. The van der Waals surface area contributed by atoms with Crippen LogP contribution in [0.2, 0.25) is 0 Å². The zero-order chi connectivity index (χ0) is 17.4. The zero-order valence-electron chi connectivity index (χ0n) is 15.4. The molecule has 3 aliphatic carbocycles. The number of hydrogen-bond donors (Lipinski definition) is 0. The lowest BCUT2D eigenvalue weighted by atomic mass is 9.79. The molecule has 0 saturated carbocycles. The zero-order valence-corrected chi connectivity index (χ0v) is 15.4. The van der Waals surface area contributed by atoms with E-state index in [1.807, 2.05) is 0 Å². The summed E-state index contributed by atoms with van der Waals surface area (Å²) in [6.07, 6.45) is 23.9. The number of allylic oxidation sites excluding steroid dienone is 12. The van der Waals surface area contributed by atoms with E-state index in [2.05, 4.69) is 99.7 Å². The number of hydrogen-bond acceptors (Lipinski definition) is 0. The maximum Gasteiger partial charge on any atom is 0.0158 e. The second-order valence-corrected chi connectivity index (χ2v) is 7.89. The number of fused-ring (bicyclic) bond motifs is 3. The predicted octanol–water partition coefficient (Wildman–Crippen LogP) is 6.47. The third-order valence-corrected chi connectivity index (χ3v) is 5.80. The van der Waals surface area contributed by atoms with E-state index in [1.165, 1.54) is 27.8 Å². The Kier molecular flexibility index (Phi) is 4.00. The van der Waals surface area contributed by atoms with Gasteiger partial charge in [-0.15, -0.1) is 0 Å². The number of benzene rings is 1. The van der Waals surface area contributed by atoms with Crippen molar-refractivity contribution in [3.05, 3.63) is 101 Å². The Hall–Kier alpha value is -2.34. The van der Waals surface area contributed by atoms with E-state index >= 15 is 0 Å². The van der Waals surface area contributed by atoms with Gasteiger partial charge in [-0.2, -0.15) is 0 Å². The van der Waals surface area contributed by atoms with Crippen molar-refractivity contribution in [3.8, 4) is 0 Å². The van der Waals surface area contributed by atoms with E-state index in [0.717, 1.165) is 6.42 Å². The van der Waals surface area contributed by atoms with Gasteiger partial charge in [-0.1, -0.05) is 98.4 Å². The molecule has 3 aliphatic rings. The molecule has 0 radical (unpaired) electrons. The van der Waals surface area contributed by atoms with Crippen molar-refractivity contribution >= 4 is 5.57 Å². The molecule has 0 heteroatoms. The third kappa shape index (κ3) is 2.80. The molecule has 0 heterocycles. The molecule has 0 aromatic heterocycles. The van der Waals surface area contributed by atoms with Crippen LogP contribution in [0.1, 0.15) is 37.0 Å². The molecule has 0 fully saturated rings. The minimum absolute atomic E-state index is 0.0672. The van der Waals surface area contributed by atoms with E-state index in [4.69, 9.17) is 0 Å². The molecule has 0 N–H and O–H groups in total. The van der Waals surface area contributed by atoms with Crippen molar-refractivity contribution in [1.29, 1.82) is 0 Å². The summed E-state index contributed by atoms with van der Waals surface area (Å²) in [6.45, 7) is 6.89. The molecular formula is C25H26. The van der Waals surface area contributed by atoms with Crippen LogP contribution in [0.5, 0.6) is 0 Å². The average molecular weight is 326 g/mol. The molecule has 1 aromatic carbocycles. The highest BCUT2D eigenvalue weighted by Gasteiger charge is 2.36. The molecule has 2 atom stereocenters. The fourth-order valence-corrected chi connectivity index (χ4v) is 4.31. The van der Waals surface area contributed by atoms with Gasteiger partial charge in [0.15, 0.2) is 0 Å². The monoisotopic (exact) mass is 326 g/mol. The molecular weight excluding hydrogens is 300 g/mol. The van der Waals surface area contributed by atoms with Crippen molar-refractivity contribution in [3.63, 3.8) is 0 Å². The van der Waals surface area contributed by atoms with Crippen molar-refractivity contribution in [2.75, 3.05) is 0 Å². The van der Waals surface area contributed by atoms with E-state index in [-0.39, 0.29) is 5.41 Å². The van der Waals surface area contributed by atoms with Gasteiger partial charge in [0.05, 0.1) is 0 Å². The molecule has 25 heavy (non-hydrogen) atoms. The first-order chi connectivity index (χ1) is 12.1. The molecule has 126 valence electrons. The van der Waals surface area contributed by atoms with Gasteiger partial charge in [0, 0.05) is 11.3 Å². The highest BCUT2D eigenvalue weighted by Crippen LogP contribution is 2.48. The minimum Gasteiger partial charge on any atom is -0.0839 e. The lowest BCUT2D eigenvalue weighted by molar-refractivity contribution is 0.561. The average Bonchev–Trinajstić information content (AvgIpc) is 2.82. The molecule has 0 spiro atoms. The van der Waals surface area contributed by atoms with Gasteiger partial charge in [-0.3, -0.25) is 0 Å². The highest BCUT2D eigenvalue weighted by molar-refractivity contribution is 5.88. The summed E-state index contributed by atoms with van der Waals surface area (Å²) >= 11 is 0. The summed E-state index contributed by atoms with van der Waals surface area (Å²) in [4.78, 5) is 0. The standard InChI is InChI=1S/C25H26/c1-18-11-15-24-22(17-18)21-14-12-19-9-7-5-4-6-8-10-20(19)13-16-23(21)25(24,2)3/h4-9,11-17,19-20H,10H2,1-3H3/b5-4-,8-6-,9-7+,14-12-,16-13+. The Labute approximate surface area is 151 Å². The first kappa shape index (κ1) is 16.1. The fraction of sp³-hybridized carbons (Fsp3) is 0.280. The van der Waals surface area contributed by atoms with Gasteiger partial charge in [0.25, 0.3) is 0 Å².